The molecule has 2 unspecified atom stereocenters. The lowest BCUT2D eigenvalue weighted by Crippen LogP contribution is -2.45. The molecule has 0 bridgehead atoms. The highest BCUT2D eigenvalue weighted by atomic mass is 16.5. The fraction of sp³-hybridized carbons (Fsp3) is 0.571. The van der Waals surface area contributed by atoms with E-state index in [0.29, 0.717) is 42.2 Å². The molecule has 1 fully saturated rings. The van der Waals surface area contributed by atoms with Crippen molar-refractivity contribution in [3.63, 3.8) is 0 Å². The summed E-state index contributed by atoms with van der Waals surface area (Å²) in [4.78, 5) is 38.3. The van der Waals surface area contributed by atoms with E-state index in [1.54, 1.807) is 4.90 Å². The van der Waals surface area contributed by atoms with Crippen molar-refractivity contribution in [1.82, 2.24) is 15.8 Å². The van der Waals surface area contributed by atoms with Crippen LogP contribution in [0.1, 0.15) is 30.6 Å². The Labute approximate surface area is 182 Å². The first-order valence-electron chi connectivity index (χ1n) is 10.0. The van der Waals surface area contributed by atoms with Gasteiger partial charge in [-0.3, -0.25) is 25.2 Å². The van der Waals surface area contributed by atoms with Crippen molar-refractivity contribution < 1.29 is 33.3 Å². The van der Waals surface area contributed by atoms with Crippen molar-refractivity contribution in [1.29, 1.82) is 0 Å². The van der Waals surface area contributed by atoms with Gasteiger partial charge in [-0.1, -0.05) is 13.8 Å². The second-order valence-electron chi connectivity index (χ2n) is 7.65. The monoisotopic (exact) mass is 437 g/mol. The highest BCUT2D eigenvalue weighted by molar-refractivity contribution is 5.96. The lowest BCUT2D eigenvalue weighted by molar-refractivity contribution is -0.140. The van der Waals surface area contributed by atoms with Gasteiger partial charge >= 0.3 is 0 Å². The Hall–Kier alpha value is -3.01. The van der Waals surface area contributed by atoms with Gasteiger partial charge in [0.2, 0.25) is 11.7 Å². The molecule has 2 rings (SSSR count). The first-order valence-corrected chi connectivity index (χ1v) is 10.0. The molecule has 3 amide bonds. The van der Waals surface area contributed by atoms with Crippen LogP contribution in [-0.2, 0) is 14.3 Å². The Morgan fingerprint density at radius 2 is 1.52 bits per heavy atom. The third kappa shape index (κ3) is 6.74. The standard InChI is InChI=1S/C21H31N3O7/c1-13-6-14(2)10-24(9-13)19(26)12-31-11-18(25)22-23-21(27)15-7-16(28-3)20(30-5)17(8-15)29-4/h7-8,13-14H,6,9-12H2,1-5H3,(H,22,25)(H,23,27). The molecule has 0 aliphatic carbocycles. The number of benzene rings is 1. The van der Waals surface area contributed by atoms with Gasteiger partial charge in [-0.2, -0.15) is 0 Å². The first-order chi connectivity index (χ1) is 14.8. The fourth-order valence-electron chi connectivity index (χ4n) is 3.64. The average molecular weight is 437 g/mol. The minimum absolute atomic E-state index is 0.146. The number of ether oxygens (including phenoxy) is 4. The van der Waals surface area contributed by atoms with Crippen LogP contribution < -0.4 is 25.1 Å². The topological polar surface area (TPSA) is 115 Å². The zero-order chi connectivity index (χ0) is 23.0. The first kappa shape index (κ1) is 24.3. The maximum atomic E-state index is 12.4. The van der Waals surface area contributed by atoms with Crippen LogP contribution in [0.5, 0.6) is 17.2 Å². The highest BCUT2D eigenvalue weighted by Crippen LogP contribution is 2.38. The van der Waals surface area contributed by atoms with Crippen molar-refractivity contribution >= 4 is 17.7 Å². The van der Waals surface area contributed by atoms with E-state index in [9.17, 15) is 14.4 Å². The summed E-state index contributed by atoms with van der Waals surface area (Å²) in [5, 5.41) is 0. The minimum Gasteiger partial charge on any atom is -0.493 e. The summed E-state index contributed by atoms with van der Waals surface area (Å²) >= 11 is 0. The van der Waals surface area contributed by atoms with E-state index < -0.39 is 11.8 Å². The van der Waals surface area contributed by atoms with Crippen molar-refractivity contribution in [2.75, 3.05) is 47.6 Å². The van der Waals surface area contributed by atoms with Gasteiger partial charge in [-0.05, 0) is 30.4 Å². The second-order valence-corrected chi connectivity index (χ2v) is 7.65. The number of methoxy groups -OCH3 is 3. The number of amides is 3. The van der Waals surface area contributed by atoms with E-state index >= 15 is 0 Å². The Morgan fingerprint density at radius 3 is 2.03 bits per heavy atom. The summed E-state index contributed by atoms with van der Waals surface area (Å²) in [7, 11) is 4.33. The number of carbonyl (C=O) groups is 3. The van der Waals surface area contributed by atoms with Crippen molar-refractivity contribution in [3.8, 4) is 17.2 Å². The van der Waals surface area contributed by atoms with Crippen LogP contribution in [0.25, 0.3) is 0 Å². The van der Waals surface area contributed by atoms with Crippen LogP contribution in [0, 0.1) is 11.8 Å². The lowest BCUT2D eigenvalue weighted by Gasteiger charge is -2.34. The molecule has 1 aliphatic heterocycles. The summed E-state index contributed by atoms with van der Waals surface area (Å²) in [5.74, 6) is 0.536. The van der Waals surface area contributed by atoms with E-state index in [0.717, 1.165) is 6.42 Å². The lowest BCUT2D eigenvalue weighted by atomic mass is 9.92. The molecular formula is C21H31N3O7. The Morgan fingerprint density at radius 1 is 0.935 bits per heavy atom. The van der Waals surface area contributed by atoms with Crippen LogP contribution >= 0.6 is 0 Å². The number of hydrogen-bond donors (Lipinski definition) is 2. The Balaban J connectivity index is 1.81. The summed E-state index contributed by atoms with van der Waals surface area (Å²) in [6, 6.07) is 2.91. The largest absolute Gasteiger partial charge is 0.493 e. The predicted molar refractivity (Wildman–Crippen MR) is 112 cm³/mol. The van der Waals surface area contributed by atoms with E-state index in [1.165, 1.54) is 33.5 Å². The van der Waals surface area contributed by atoms with Gasteiger partial charge in [0.05, 0.1) is 21.3 Å². The van der Waals surface area contributed by atoms with Gasteiger partial charge < -0.3 is 23.8 Å². The average Bonchev–Trinajstić information content (AvgIpc) is 2.75. The molecule has 31 heavy (non-hydrogen) atoms. The maximum absolute atomic E-state index is 12.4. The Bertz CT molecular complexity index is 764. The summed E-state index contributed by atoms with van der Waals surface area (Å²) in [6.07, 6.45) is 1.10. The highest BCUT2D eigenvalue weighted by Gasteiger charge is 2.25. The molecule has 1 saturated heterocycles. The van der Waals surface area contributed by atoms with Gasteiger partial charge in [0.15, 0.2) is 11.5 Å². The molecule has 0 radical (unpaired) electrons. The van der Waals surface area contributed by atoms with E-state index in [2.05, 4.69) is 24.7 Å². The molecule has 172 valence electrons. The minimum atomic E-state index is -0.589. The predicted octanol–water partition coefficient (Wildman–Crippen LogP) is 0.995. The maximum Gasteiger partial charge on any atom is 0.269 e. The molecule has 0 saturated carbocycles. The van der Waals surface area contributed by atoms with Gasteiger partial charge in [0.1, 0.15) is 13.2 Å². The molecular weight excluding hydrogens is 406 g/mol. The van der Waals surface area contributed by atoms with Crippen molar-refractivity contribution in [3.05, 3.63) is 17.7 Å². The normalized spacial score (nSPS) is 18.2. The van der Waals surface area contributed by atoms with Crippen LogP contribution in [0.15, 0.2) is 12.1 Å². The third-order valence-electron chi connectivity index (χ3n) is 4.92. The molecule has 0 spiro atoms. The number of nitrogens with one attached hydrogen (secondary N) is 2. The third-order valence-corrected chi connectivity index (χ3v) is 4.92. The molecule has 2 N–H and O–H groups in total. The molecule has 0 aromatic heterocycles. The van der Waals surface area contributed by atoms with Gasteiger partial charge in [0.25, 0.3) is 11.8 Å². The quantitative estimate of drug-likeness (QED) is 0.583. The molecule has 1 aromatic rings. The van der Waals surface area contributed by atoms with E-state index in [-0.39, 0.29) is 24.7 Å². The molecule has 1 heterocycles. The van der Waals surface area contributed by atoms with Gasteiger partial charge in [-0.15, -0.1) is 0 Å². The van der Waals surface area contributed by atoms with Gasteiger partial charge in [-0.25, -0.2) is 0 Å². The smallest absolute Gasteiger partial charge is 0.269 e. The van der Waals surface area contributed by atoms with E-state index in [1.807, 2.05) is 0 Å². The SMILES string of the molecule is COc1cc(C(=O)NNC(=O)COCC(=O)N2CC(C)CC(C)C2)cc(OC)c1OC. The molecule has 10 nitrogen and oxygen atoms in total. The van der Waals surface area contributed by atoms with Crippen LogP contribution in [-0.4, -0.2) is 70.3 Å². The molecule has 2 atom stereocenters. The zero-order valence-corrected chi connectivity index (χ0v) is 18.6. The number of nitrogens with zero attached hydrogens (tertiary/aromatic N) is 1. The fourth-order valence-corrected chi connectivity index (χ4v) is 3.64. The molecule has 10 heteroatoms. The number of hydrazine groups is 1. The number of carbonyl (C=O) groups excluding carboxylic acids is 3. The number of likely N-dealkylation sites (tertiary alicyclic amines) is 1. The van der Waals surface area contributed by atoms with Crippen molar-refractivity contribution in [2.45, 2.75) is 20.3 Å². The summed E-state index contributed by atoms with van der Waals surface area (Å²) in [6.45, 7) is 5.07. The zero-order valence-electron chi connectivity index (χ0n) is 18.6. The number of piperidine rings is 1. The van der Waals surface area contributed by atoms with Crippen LogP contribution in [0.3, 0.4) is 0 Å². The summed E-state index contributed by atoms with van der Waals surface area (Å²) < 4.78 is 20.8. The Kier molecular flexibility index (Phi) is 8.92. The second kappa shape index (κ2) is 11.4. The van der Waals surface area contributed by atoms with E-state index in [4.69, 9.17) is 18.9 Å². The summed E-state index contributed by atoms with van der Waals surface area (Å²) in [5.41, 5.74) is 4.73. The molecule has 1 aliphatic rings. The van der Waals surface area contributed by atoms with Gasteiger partial charge in [0, 0.05) is 18.7 Å². The van der Waals surface area contributed by atoms with Crippen LogP contribution in [0.4, 0.5) is 0 Å². The molecule has 1 aromatic carbocycles. The van der Waals surface area contributed by atoms with Crippen LogP contribution in [0.2, 0.25) is 0 Å². The van der Waals surface area contributed by atoms with Crippen molar-refractivity contribution in [2.24, 2.45) is 11.8 Å². The number of rotatable bonds is 8. The number of hydrogen-bond acceptors (Lipinski definition) is 7.